The Morgan fingerprint density at radius 1 is 1.23 bits per heavy atom. The zero-order chi connectivity index (χ0) is 15.9. The SMILES string of the molecule is O=C(NCCO)c1cnc(OCc2c(Cl)cccc2Cl)cn1. The number of ether oxygens (including phenoxy) is 1. The average Bonchev–Trinajstić information content (AvgIpc) is 2.52. The molecule has 2 aromatic rings. The van der Waals surface area contributed by atoms with Crippen molar-refractivity contribution < 1.29 is 14.6 Å². The lowest BCUT2D eigenvalue weighted by atomic mass is 10.2. The smallest absolute Gasteiger partial charge is 0.271 e. The fourth-order valence-corrected chi connectivity index (χ4v) is 2.09. The van der Waals surface area contributed by atoms with Gasteiger partial charge in [-0.1, -0.05) is 29.3 Å². The van der Waals surface area contributed by atoms with E-state index in [0.717, 1.165) is 0 Å². The fraction of sp³-hybridized carbons (Fsp3) is 0.214. The molecular weight excluding hydrogens is 329 g/mol. The van der Waals surface area contributed by atoms with Crippen LogP contribution in [0, 0.1) is 0 Å². The number of hydrogen-bond donors (Lipinski definition) is 2. The molecule has 22 heavy (non-hydrogen) atoms. The second kappa shape index (κ2) is 7.93. The molecule has 0 bridgehead atoms. The van der Waals surface area contributed by atoms with Crippen molar-refractivity contribution in [3.63, 3.8) is 0 Å². The number of benzene rings is 1. The molecule has 0 atom stereocenters. The van der Waals surface area contributed by atoms with Gasteiger partial charge in [-0.3, -0.25) is 4.79 Å². The van der Waals surface area contributed by atoms with Crippen LogP contribution in [0.5, 0.6) is 5.88 Å². The van der Waals surface area contributed by atoms with Crippen LogP contribution in [0.2, 0.25) is 10.0 Å². The number of amides is 1. The molecule has 0 aliphatic heterocycles. The first kappa shape index (κ1) is 16.5. The molecule has 1 heterocycles. The number of aliphatic hydroxyl groups excluding tert-OH is 1. The van der Waals surface area contributed by atoms with Crippen molar-refractivity contribution in [3.05, 3.63) is 51.9 Å². The van der Waals surface area contributed by atoms with Crippen molar-refractivity contribution in [2.75, 3.05) is 13.2 Å². The van der Waals surface area contributed by atoms with Crippen molar-refractivity contribution >= 4 is 29.1 Å². The van der Waals surface area contributed by atoms with Crippen LogP contribution in [0.4, 0.5) is 0 Å². The quantitative estimate of drug-likeness (QED) is 0.840. The number of hydrogen-bond acceptors (Lipinski definition) is 5. The minimum Gasteiger partial charge on any atom is -0.472 e. The van der Waals surface area contributed by atoms with Gasteiger partial charge in [0.1, 0.15) is 12.3 Å². The zero-order valence-corrected chi connectivity index (χ0v) is 12.9. The van der Waals surface area contributed by atoms with E-state index in [1.165, 1.54) is 12.4 Å². The number of aliphatic hydroxyl groups is 1. The molecule has 1 aromatic carbocycles. The van der Waals surface area contributed by atoms with Crippen LogP contribution in [-0.2, 0) is 6.61 Å². The molecule has 2 rings (SSSR count). The third-order valence-corrected chi connectivity index (χ3v) is 3.39. The molecule has 1 aromatic heterocycles. The normalized spacial score (nSPS) is 10.3. The van der Waals surface area contributed by atoms with E-state index in [-0.39, 0.29) is 31.3 Å². The highest BCUT2D eigenvalue weighted by atomic mass is 35.5. The van der Waals surface area contributed by atoms with Crippen molar-refractivity contribution in [2.24, 2.45) is 0 Å². The van der Waals surface area contributed by atoms with E-state index in [9.17, 15) is 4.79 Å². The van der Waals surface area contributed by atoms with Gasteiger partial charge in [-0.25, -0.2) is 9.97 Å². The summed E-state index contributed by atoms with van der Waals surface area (Å²) in [6.07, 6.45) is 2.62. The van der Waals surface area contributed by atoms with Gasteiger partial charge >= 0.3 is 0 Å². The van der Waals surface area contributed by atoms with E-state index < -0.39 is 5.91 Å². The van der Waals surface area contributed by atoms with E-state index >= 15 is 0 Å². The van der Waals surface area contributed by atoms with Crippen LogP contribution >= 0.6 is 23.2 Å². The van der Waals surface area contributed by atoms with Crippen LogP contribution in [0.3, 0.4) is 0 Å². The second-order valence-electron chi connectivity index (χ2n) is 4.21. The van der Waals surface area contributed by atoms with Gasteiger partial charge in [0.25, 0.3) is 5.91 Å². The summed E-state index contributed by atoms with van der Waals surface area (Å²) in [7, 11) is 0. The number of carbonyl (C=O) groups excluding carboxylic acids is 1. The highest BCUT2D eigenvalue weighted by Gasteiger charge is 2.09. The highest BCUT2D eigenvalue weighted by Crippen LogP contribution is 2.25. The fourth-order valence-electron chi connectivity index (χ4n) is 1.58. The molecule has 0 unspecified atom stereocenters. The zero-order valence-electron chi connectivity index (χ0n) is 11.4. The number of nitrogens with zero attached hydrogens (tertiary/aromatic N) is 2. The molecular formula is C14H13Cl2N3O3. The number of carbonyl (C=O) groups is 1. The van der Waals surface area contributed by atoms with Crippen LogP contribution in [0.1, 0.15) is 16.1 Å². The number of aromatic nitrogens is 2. The van der Waals surface area contributed by atoms with Crippen LogP contribution in [0.25, 0.3) is 0 Å². The minimum atomic E-state index is -0.415. The summed E-state index contributed by atoms with van der Waals surface area (Å²) in [5.74, 6) is -0.169. The third kappa shape index (κ3) is 4.30. The van der Waals surface area contributed by atoms with E-state index in [4.69, 9.17) is 33.0 Å². The maximum absolute atomic E-state index is 11.6. The molecule has 0 aliphatic rings. The Kier molecular flexibility index (Phi) is 5.94. The highest BCUT2D eigenvalue weighted by molar-refractivity contribution is 6.35. The van der Waals surface area contributed by atoms with Crippen molar-refractivity contribution in [1.82, 2.24) is 15.3 Å². The van der Waals surface area contributed by atoms with Crippen LogP contribution < -0.4 is 10.1 Å². The molecule has 0 spiro atoms. The van der Waals surface area contributed by atoms with Gasteiger partial charge in [0, 0.05) is 22.2 Å². The summed E-state index contributed by atoms with van der Waals surface area (Å²) in [6, 6.07) is 5.17. The lowest BCUT2D eigenvalue weighted by Gasteiger charge is -2.08. The summed E-state index contributed by atoms with van der Waals surface area (Å²) in [5, 5.41) is 12.1. The topological polar surface area (TPSA) is 84.3 Å². The van der Waals surface area contributed by atoms with E-state index in [1.807, 2.05) is 0 Å². The number of rotatable bonds is 6. The molecule has 6 nitrogen and oxygen atoms in total. The van der Waals surface area contributed by atoms with Gasteiger partial charge in [-0.15, -0.1) is 0 Å². The first-order chi connectivity index (χ1) is 10.6. The predicted octanol–water partition coefficient (Wildman–Crippen LogP) is 2.08. The van der Waals surface area contributed by atoms with Crippen molar-refractivity contribution in [2.45, 2.75) is 6.61 Å². The monoisotopic (exact) mass is 341 g/mol. The molecule has 2 N–H and O–H groups in total. The molecule has 0 saturated carbocycles. The van der Waals surface area contributed by atoms with Crippen LogP contribution in [-0.4, -0.2) is 34.1 Å². The summed E-state index contributed by atoms with van der Waals surface area (Å²) >= 11 is 12.1. The van der Waals surface area contributed by atoms with E-state index in [2.05, 4.69) is 15.3 Å². The first-order valence-corrected chi connectivity index (χ1v) is 7.14. The van der Waals surface area contributed by atoms with E-state index in [0.29, 0.717) is 15.6 Å². The Hall–Kier alpha value is -1.89. The number of nitrogens with one attached hydrogen (secondary N) is 1. The molecule has 0 saturated heterocycles. The Labute approximate surface area is 137 Å². The van der Waals surface area contributed by atoms with Crippen LogP contribution in [0.15, 0.2) is 30.6 Å². The Bertz CT molecular complexity index is 630. The molecule has 1 amide bonds. The van der Waals surface area contributed by atoms with Crippen molar-refractivity contribution in [1.29, 1.82) is 0 Å². The molecule has 0 radical (unpaired) electrons. The first-order valence-electron chi connectivity index (χ1n) is 6.38. The van der Waals surface area contributed by atoms with Gasteiger partial charge in [0.15, 0.2) is 0 Å². The summed E-state index contributed by atoms with van der Waals surface area (Å²) in [6.45, 7) is 0.159. The summed E-state index contributed by atoms with van der Waals surface area (Å²) in [4.78, 5) is 19.5. The molecule has 116 valence electrons. The Balaban J connectivity index is 1.98. The van der Waals surface area contributed by atoms with Crippen molar-refractivity contribution in [3.8, 4) is 5.88 Å². The minimum absolute atomic E-state index is 0.136. The summed E-state index contributed by atoms with van der Waals surface area (Å²) < 4.78 is 5.46. The van der Waals surface area contributed by atoms with Gasteiger partial charge in [-0.05, 0) is 12.1 Å². The maximum atomic E-state index is 11.6. The Morgan fingerprint density at radius 3 is 2.55 bits per heavy atom. The predicted molar refractivity (Wildman–Crippen MR) is 82.2 cm³/mol. The van der Waals surface area contributed by atoms with Gasteiger partial charge in [-0.2, -0.15) is 0 Å². The van der Waals surface area contributed by atoms with Gasteiger partial charge in [0.2, 0.25) is 5.88 Å². The number of halogens is 2. The molecule has 8 heteroatoms. The molecule has 0 fully saturated rings. The third-order valence-electron chi connectivity index (χ3n) is 2.68. The maximum Gasteiger partial charge on any atom is 0.271 e. The second-order valence-corrected chi connectivity index (χ2v) is 5.02. The lowest BCUT2D eigenvalue weighted by Crippen LogP contribution is -2.27. The average molecular weight is 342 g/mol. The summed E-state index contributed by atoms with van der Waals surface area (Å²) in [5.41, 5.74) is 0.786. The lowest BCUT2D eigenvalue weighted by molar-refractivity contribution is 0.0939. The largest absolute Gasteiger partial charge is 0.472 e. The van der Waals surface area contributed by atoms with E-state index in [1.54, 1.807) is 18.2 Å². The van der Waals surface area contributed by atoms with Gasteiger partial charge in [0.05, 0.1) is 19.0 Å². The Morgan fingerprint density at radius 2 is 1.95 bits per heavy atom. The van der Waals surface area contributed by atoms with Gasteiger partial charge < -0.3 is 15.2 Å². The molecule has 0 aliphatic carbocycles. The standard InChI is InChI=1S/C14H13Cl2N3O3/c15-10-2-1-3-11(16)9(10)8-22-13-7-18-12(6-19-13)14(21)17-4-5-20/h1-3,6-7,20H,4-5,8H2,(H,17,21).